The summed E-state index contributed by atoms with van der Waals surface area (Å²) < 4.78 is 1.43. The smallest absolute Gasteiger partial charge is 0.274 e. The van der Waals surface area contributed by atoms with Crippen LogP contribution in [0.1, 0.15) is 5.56 Å². The van der Waals surface area contributed by atoms with E-state index < -0.39 is 0 Å². The van der Waals surface area contributed by atoms with Crippen molar-refractivity contribution in [1.82, 2.24) is 19.7 Å². The molecule has 0 saturated carbocycles. The van der Waals surface area contributed by atoms with Crippen molar-refractivity contribution in [2.24, 2.45) is 0 Å². The van der Waals surface area contributed by atoms with E-state index in [0.29, 0.717) is 5.95 Å². The number of aryl methyl sites for hydroxylation is 1. The highest BCUT2D eigenvalue weighted by Crippen LogP contribution is 2.17. The summed E-state index contributed by atoms with van der Waals surface area (Å²) in [6.07, 6.45) is 0. The second-order valence-corrected chi connectivity index (χ2v) is 5.29. The number of nitrogens with one attached hydrogen (secondary N) is 2. The lowest BCUT2D eigenvalue weighted by Crippen LogP contribution is -2.14. The average Bonchev–Trinajstić information content (AvgIpc) is 3.11. The quantitative estimate of drug-likeness (QED) is 0.596. The SMILES string of the molecule is Cc1ccc(-c2cc(=O)n(-c3nc4ccccc4[nH]3)[nH]2)cc1. The summed E-state index contributed by atoms with van der Waals surface area (Å²) in [7, 11) is 0. The van der Waals surface area contributed by atoms with Crippen molar-refractivity contribution in [3.63, 3.8) is 0 Å². The Hall–Kier alpha value is -3.08. The van der Waals surface area contributed by atoms with Crippen LogP contribution in [0.15, 0.2) is 59.4 Å². The molecule has 0 bridgehead atoms. The average molecular weight is 290 g/mol. The van der Waals surface area contributed by atoms with Crippen molar-refractivity contribution in [1.29, 1.82) is 0 Å². The maximum atomic E-state index is 12.2. The van der Waals surface area contributed by atoms with E-state index in [9.17, 15) is 4.79 Å². The van der Waals surface area contributed by atoms with Crippen molar-refractivity contribution in [2.75, 3.05) is 0 Å². The molecule has 108 valence electrons. The molecule has 2 heterocycles. The van der Waals surface area contributed by atoms with Crippen molar-refractivity contribution >= 4 is 11.0 Å². The van der Waals surface area contributed by atoms with Crippen LogP contribution >= 0.6 is 0 Å². The molecule has 0 aliphatic rings. The minimum absolute atomic E-state index is 0.144. The zero-order valence-electron chi connectivity index (χ0n) is 12.0. The summed E-state index contributed by atoms with van der Waals surface area (Å²) in [5.41, 5.74) is 4.51. The molecular weight excluding hydrogens is 276 g/mol. The van der Waals surface area contributed by atoms with Crippen LogP contribution in [-0.2, 0) is 0 Å². The van der Waals surface area contributed by atoms with E-state index >= 15 is 0 Å². The van der Waals surface area contributed by atoms with Crippen LogP contribution < -0.4 is 5.56 Å². The van der Waals surface area contributed by atoms with Gasteiger partial charge in [0, 0.05) is 6.07 Å². The number of para-hydroxylation sites is 2. The van der Waals surface area contributed by atoms with Gasteiger partial charge in [-0.25, -0.2) is 4.98 Å². The number of rotatable bonds is 2. The van der Waals surface area contributed by atoms with Gasteiger partial charge in [-0.15, -0.1) is 0 Å². The monoisotopic (exact) mass is 290 g/mol. The van der Waals surface area contributed by atoms with E-state index in [-0.39, 0.29) is 5.56 Å². The van der Waals surface area contributed by atoms with Gasteiger partial charge in [0.05, 0.1) is 16.7 Å². The van der Waals surface area contributed by atoms with Gasteiger partial charge in [-0.2, -0.15) is 4.68 Å². The van der Waals surface area contributed by atoms with Gasteiger partial charge in [0.1, 0.15) is 0 Å². The number of benzene rings is 2. The van der Waals surface area contributed by atoms with Crippen LogP contribution in [0.25, 0.3) is 28.2 Å². The molecule has 22 heavy (non-hydrogen) atoms. The van der Waals surface area contributed by atoms with Crippen molar-refractivity contribution in [3.05, 3.63) is 70.5 Å². The van der Waals surface area contributed by atoms with Crippen LogP contribution in [0.3, 0.4) is 0 Å². The first-order valence-corrected chi connectivity index (χ1v) is 7.05. The Morgan fingerprint density at radius 3 is 2.59 bits per heavy atom. The molecule has 0 saturated heterocycles. The zero-order chi connectivity index (χ0) is 15.1. The molecule has 4 aromatic rings. The third kappa shape index (κ3) is 2.03. The number of aromatic amines is 2. The van der Waals surface area contributed by atoms with Gasteiger partial charge in [0.25, 0.3) is 5.56 Å². The molecule has 0 aliphatic heterocycles. The lowest BCUT2D eigenvalue weighted by atomic mass is 10.1. The molecule has 5 heteroatoms. The molecule has 0 amide bonds. The molecule has 2 N–H and O–H groups in total. The second kappa shape index (κ2) is 4.73. The molecule has 0 aliphatic carbocycles. The molecule has 0 atom stereocenters. The van der Waals surface area contributed by atoms with E-state index in [1.807, 2.05) is 55.5 Å². The van der Waals surface area contributed by atoms with Crippen LogP contribution in [0.2, 0.25) is 0 Å². The minimum atomic E-state index is -0.144. The van der Waals surface area contributed by atoms with Gasteiger partial charge in [-0.1, -0.05) is 42.0 Å². The third-order valence-corrected chi connectivity index (χ3v) is 3.67. The molecule has 4 rings (SSSR count). The van der Waals surface area contributed by atoms with E-state index in [1.54, 1.807) is 6.07 Å². The Bertz CT molecular complexity index is 972. The number of nitrogens with zero attached hydrogens (tertiary/aromatic N) is 2. The highest BCUT2D eigenvalue weighted by molar-refractivity contribution is 5.76. The maximum Gasteiger partial charge on any atom is 0.274 e. The summed E-state index contributed by atoms with van der Waals surface area (Å²) in [6, 6.07) is 17.3. The van der Waals surface area contributed by atoms with E-state index in [1.165, 1.54) is 10.2 Å². The summed E-state index contributed by atoms with van der Waals surface area (Å²) in [5.74, 6) is 0.490. The molecule has 0 spiro atoms. The molecular formula is C17H14N4O. The standard InChI is InChI=1S/C17H14N4O/c1-11-6-8-12(9-7-11)15-10-16(22)21(20-15)17-18-13-4-2-3-5-14(13)19-17/h2-10,20H,1H3,(H,18,19). The molecule has 0 unspecified atom stereocenters. The molecule has 0 fully saturated rings. The van der Waals surface area contributed by atoms with Crippen molar-refractivity contribution in [2.45, 2.75) is 6.92 Å². The van der Waals surface area contributed by atoms with Gasteiger partial charge in [-0.3, -0.25) is 9.89 Å². The fraction of sp³-hybridized carbons (Fsp3) is 0.0588. The van der Waals surface area contributed by atoms with Gasteiger partial charge in [0.2, 0.25) is 5.95 Å². The number of aromatic nitrogens is 4. The Balaban J connectivity index is 1.82. The maximum absolute atomic E-state index is 12.2. The Labute approximate surface area is 126 Å². The highest BCUT2D eigenvalue weighted by atomic mass is 16.1. The van der Waals surface area contributed by atoms with Crippen LogP contribution in [0, 0.1) is 6.92 Å². The minimum Gasteiger partial charge on any atom is -0.322 e. The normalized spacial score (nSPS) is 11.1. The molecule has 5 nitrogen and oxygen atoms in total. The van der Waals surface area contributed by atoms with Gasteiger partial charge < -0.3 is 4.98 Å². The first kappa shape index (κ1) is 12.6. The van der Waals surface area contributed by atoms with E-state index in [2.05, 4.69) is 15.1 Å². The number of H-pyrrole nitrogens is 2. The fourth-order valence-corrected chi connectivity index (χ4v) is 2.48. The number of fused-ring (bicyclic) bond motifs is 1. The van der Waals surface area contributed by atoms with E-state index in [4.69, 9.17) is 0 Å². The van der Waals surface area contributed by atoms with Gasteiger partial charge >= 0.3 is 0 Å². The summed E-state index contributed by atoms with van der Waals surface area (Å²) >= 11 is 0. The predicted molar refractivity (Wildman–Crippen MR) is 86.2 cm³/mol. The Kier molecular flexibility index (Phi) is 2.72. The van der Waals surface area contributed by atoms with Gasteiger partial charge in [-0.05, 0) is 24.6 Å². The van der Waals surface area contributed by atoms with Crippen LogP contribution in [0.5, 0.6) is 0 Å². The largest absolute Gasteiger partial charge is 0.322 e. The van der Waals surface area contributed by atoms with Crippen LogP contribution in [0.4, 0.5) is 0 Å². The van der Waals surface area contributed by atoms with Crippen molar-refractivity contribution in [3.8, 4) is 17.2 Å². The number of imidazole rings is 1. The predicted octanol–water partition coefficient (Wildman–Crippen LogP) is 3.02. The van der Waals surface area contributed by atoms with Gasteiger partial charge in [0.15, 0.2) is 0 Å². The molecule has 2 aromatic carbocycles. The highest BCUT2D eigenvalue weighted by Gasteiger charge is 2.10. The second-order valence-electron chi connectivity index (χ2n) is 5.29. The summed E-state index contributed by atoms with van der Waals surface area (Å²) in [6.45, 7) is 2.03. The lowest BCUT2D eigenvalue weighted by molar-refractivity contribution is 0.804. The Morgan fingerprint density at radius 2 is 1.82 bits per heavy atom. The van der Waals surface area contributed by atoms with E-state index in [0.717, 1.165) is 22.3 Å². The topological polar surface area (TPSA) is 66.5 Å². The number of hydrogen-bond donors (Lipinski definition) is 2. The Morgan fingerprint density at radius 1 is 1.05 bits per heavy atom. The summed E-state index contributed by atoms with van der Waals surface area (Å²) in [4.78, 5) is 19.8. The third-order valence-electron chi connectivity index (χ3n) is 3.67. The zero-order valence-corrected chi connectivity index (χ0v) is 12.0. The number of hydrogen-bond acceptors (Lipinski definition) is 2. The summed E-state index contributed by atoms with van der Waals surface area (Å²) in [5, 5.41) is 3.10. The van der Waals surface area contributed by atoms with Crippen LogP contribution in [-0.4, -0.2) is 19.7 Å². The fourth-order valence-electron chi connectivity index (χ4n) is 2.48. The molecule has 2 aromatic heterocycles. The first-order chi connectivity index (χ1) is 10.7. The lowest BCUT2D eigenvalue weighted by Gasteiger charge is -1.99. The van der Waals surface area contributed by atoms with Crippen molar-refractivity contribution < 1.29 is 0 Å². The molecule has 0 radical (unpaired) electrons. The first-order valence-electron chi connectivity index (χ1n) is 7.05.